The van der Waals surface area contributed by atoms with Crippen LogP contribution in [-0.2, 0) is 0 Å². The van der Waals surface area contributed by atoms with Crippen molar-refractivity contribution < 1.29 is 28.3 Å². The van der Waals surface area contributed by atoms with Crippen LogP contribution >= 0.6 is 23.2 Å². The molecule has 0 aromatic heterocycles. The minimum Gasteiger partial charge on any atom is -0.491 e. The molecule has 0 saturated heterocycles. The van der Waals surface area contributed by atoms with Gasteiger partial charge in [0.05, 0.1) is 4.92 Å². The molecule has 1 atom stereocenters. The van der Waals surface area contributed by atoms with Crippen LogP contribution in [0.5, 0.6) is 5.75 Å². The zero-order valence-electron chi connectivity index (χ0n) is 13.4. The van der Waals surface area contributed by atoms with Crippen LogP contribution in [0.2, 0.25) is 10.0 Å². The Balaban J connectivity index is 1.97. The zero-order chi connectivity index (χ0) is 20.1. The van der Waals surface area contributed by atoms with Gasteiger partial charge in [-0.2, -0.15) is 0 Å². The fourth-order valence-electron chi connectivity index (χ4n) is 2.05. The molecular weight excluding hydrogens is 409 g/mol. The lowest BCUT2D eigenvalue weighted by Crippen LogP contribution is -2.35. The fourth-order valence-corrected chi connectivity index (χ4v) is 2.61. The highest BCUT2D eigenvalue weighted by atomic mass is 35.5. The number of carbonyl (C=O) groups is 1. The fraction of sp³-hybridized carbons (Fsp3) is 0.188. The third-order valence-electron chi connectivity index (χ3n) is 3.29. The van der Waals surface area contributed by atoms with Crippen molar-refractivity contribution in [2.75, 3.05) is 13.2 Å². The predicted molar refractivity (Wildman–Crippen MR) is 93.3 cm³/mol. The van der Waals surface area contributed by atoms with Crippen molar-refractivity contribution >= 4 is 34.8 Å². The van der Waals surface area contributed by atoms with E-state index in [1.54, 1.807) is 0 Å². The van der Waals surface area contributed by atoms with E-state index < -0.39 is 34.3 Å². The first-order valence-electron chi connectivity index (χ1n) is 7.36. The first-order valence-corrected chi connectivity index (χ1v) is 8.12. The molecule has 2 N–H and O–H groups in total. The summed E-state index contributed by atoms with van der Waals surface area (Å²) < 4.78 is 31.0. The van der Waals surface area contributed by atoms with Crippen molar-refractivity contribution in [1.29, 1.82) is 0 Å². The summed E-state index contributed by atoms with van der Waals surface area (Å²) in [6.07, 6.45) is -1.23. The van der Waals surface area contributed by atoms with Gasteiger partial charge in [-0.1, -0.05) is 23.2 Å². The van der Waals surface area contributed by atoms with Gasteiger partial charge in [0.1, 0.15) is 29.0 Å². The first kappa shape index (κ1) is 20.8. The molecule has 0 aliphatic carbocycles. The smallest absolute Gasteiger partial charge is 0.300 e. The predicted octanol–water partition coefficient (Wildman–Crippen LogP) is 3.35. The summed E-state index contributed by atoms with van der Waals surface area (Å²) in [6.45, 7) is -0.673. The van der Waals surface area contributed by atoms with Crippen molar-refractivity contribution in [1.82, 2.24) is 5.32 Å². The average Bonchev–Trinajstić information content (AvgIpc) is 2.59. The molecule has 0 aliphatic heterocycles. The van der Waals surface area contributed by atoms with Crippen molar-refractivity contribution in [2.24, 2.45) is 0 Å². The molecule has 11 heteroatoms. The molecule has 27 heavy (non-hydrogen) atoms. The van der Waals surface area contributed by atoms with Crippen molar-refractivity contribution in [3.8, 4) is 5.75 Å². The number of nitrogens with one attached hydrogen (secondary N) is 1. The van der Waals surface area contributed by atoms with E-state index in [0.29, 0.717) is 0 Å². The van der Waals surface area contributed by atoms with Crippen molar-refractivity contribution in [3.63, 3.8) is 0 Å². The molecule has 0 heterocycles. The molecule has 2 rings (SSSR count). The van der Waals surface area contributed by atoms with Crippen molar-refractivity contribution in [2.45, 2.75) is 6.10 Å². The number of benzene rings is 2. The van der Waals surface area contributed by atoms with E-state index in [1.165, 1.54) is 6.07 Å². The number of amides is 1. The molecule has 144 valence electrons. The maximum Gasteiger partial charge on any atom is 0.300 e. The Hall–Kier alpha value is -2.49. The van der Waals surface area contributed by atoms with Gasteiger partial charge in [0.2, 0.25) is 0 Å². The number of rotatable bonds is 7. The molecule has 0 unspecified atom stereocenters. The van der Waals surface area contributed by atoms with Crippen LogP contribution < -0.4 is 10.1 Å². The summed E-state index contributed by atoms with van der Waals surface area (Å²) in [7, 11) is 0. The van der Waals surface area contributed by atoms with Crippen molar-refractivity contribution in [3.05, 3.63) is 67.7 Å². The lowest BCUT2D eigenvalue weighted by molar-refractivity contribution is -0.385. The van der Waals surface area contributed by atoms with Gasteiger partial charge in [-0.25, -0.2) is 8.78 Å². The minimum atomic E-state index is -1.23. The molecule has 7 nitrogen and oxygen atoms in total. The van der Waals surface area contributed by atoms with Crippen LogP contribution in [0.3, 0.4) is 0 Å². The van der Waals surface area contributed by atoms with E-state index in [0.717, 1.165) is 24.3 Å². The topological polar surface area (TPSA) is 102 Å². The van der Waals surface area contributed by atoms with Gasteiger partial charge in [0.15, 0.2) is 11.6 Å². The summed E-state index contributed by atoms with van der Waals surface area (Å²) in [6, 6.07) is 5.04. The Labute approximate surface area is 161 Å². The van der Waals surface area contributed by atoms with Crippen LogP contribution in [0.1, 0.15) is 10.4 Å². The number of nitro groups is 1. The second-order valence-electron chi connectivity index (χ2n) is 5.29. The van der Waals surface area contributed by atoms with E-state index in [4.69, 9.17) is 27.9 Å². The quantitative estimate of drug-likeness (QED) is 0.528. The van der Waals surface area contributed by atoms with E-state index in [2.05, 4.69) is 5.32 Å². The number of halogens is 4. The van der Waals surface area contributed by atoms with Gasteiger partial charge in [-0.3, -0.25) is 14.9 Å². The van der Waals surface area contributed by atoms with Gasteiger partial charge < -0.3 is 15.2 Å². The van der Waals surface area contributed by atoms with Crippen LogP contribution in [0.4, 0.5) is 14.5 Å². The minimum absolute atomic E-state index is 0.0171. The van der Waals surface area contributed by atoms with Gasteiger partial charge in [0, 0.05) is 17.6 Å². The molecule has 2 aromatic rings. The number of nitro benzene ring substituents is 1. The SMILES string of the molecule is O=C(NC[C@@H](O)COc1ccc(F)c(F)c1)c1cc(Cl)cc(Cl)c1[N+](=O)[O-]. The maximum atomic E-state index is 13.1. The number of nitrogens with zero attached hydrogens (tertiary/aromatic N) is 1. The molecule has 1 amide bonds. The second-order valence-corrected chi connectivity index (χ2v) is 6.14. The van der Waals surface area contributed by atoms with Crippen LogP contribution in [0.15, 0.2) is 30.3 Å². The summed E-state index contributed by atoms with van der Waals surface area (Å²) in [5.74, 6) is -3.05. The molecule has 0 spiro atoms. The first-order chi connectivity index (χ1) is 12.7. The molecule has 2 aromatic carbocycles. The number of carbonyl (C=O) groups excluding carboxylic acids is 1. The summed E-state index contributed by atoms with van der Waals surface area (Å²) in [4.78, 5) is 22.4. The Kier molecular flexibility index (Phi) is 6.89. The van der Waals surface area contributed by atoms with Crippen LogP contribution in [-0.4, -0.2) is 35.2 Å². The lowest BCUT2D eigenvalue weighted by Gasteiger charge is -2.14. The molecule has 0 saturated carbocycles. The number of ether oxygens (including phenoxy) is 1. The van der Waals surface area contributed by atoms with Gasteiger partial charge >= 0.3 is 5.69 Å². The van der Waals surface area contributed by atoms with E-state index in [1.807, 2.05) is 0 Å². The molecule has 0 aliphatic rings. The highest BCUT2D eigenvalue weighted by molar-refractivity contribution is 6.37. The standard InChI is InChI=1S/C16H12Cl2F2N2O5/c17-8-3-11(15(22(25)26)12(18)4-8)16(24)21-6-9(23)7-27-10-1-2-13(19)14(20)5-10/h1-5,9,23H,6-7H2,(H,21,24)/t9-/m1/s1. The Morgan fingerprint density at radius 3 is 2.59 bits per heavy atom. The third-order valence-corrected chi connectivity index (χ3v) is 3.79. The average molecular weight is 421 g/mol. The number of aliphatic hydroxyl groups is 1. The van der Waals surface area contributed by atoms with Crippen LogP contribution in [0, 0.1) is 21.7 Å². The van der Waals surface area contributed by atoms with Gasteiger partial charge in [-0.05, 0) is 24.3 Å². The van der Waals surface area contributed by atoms with Gasteiger partial charge in [-0.15, -0.1) is 0 Å². The van der Waals surface area contributed by atoms with Crippen LogP contribution in [0.25, 0.3) is 0 Å². The highest BCUT2D eigenvalue weighted by Gasteiger charge is 2.25. The molecule has 0 radical (unpaired) electrons. The Morgan fingerprint density at radius 2 is 1.96 bits per heavy atom. The normalized spacial score (nSPS) is 11.7. The second kappa shape index (κ2) is 8.94. The molecule has 0 fully saturated rings. The highest BCUT2D eigenvalue weighted by Crippen LogP contribution is 2.31. The molecule has 0 bridgehead atoms. The number of hydrogen-bond donors (Lipinski definition) is 2. The Bertz CT molecular complexity index is 882. The van der Waals surface area contributed by atoms with E-state index in [-0.39, 0.29) is 34.5 Å². The summed E-state index contributed by atoms with van der Waals surface area (Å²) in [5.41, 5.74) is -0.989. The van der Waals surface area contributed by atoms with E-state index >= 15 is 0 Å². The summed E-state index contributed by atoms with van der Waals surface area (Å²) >= 11 is 11.5. The van der Waals surface area contributed by atoms with Gasteiger partial charge in [0.25, 0.3) is 5.91 Å². The third kappa shape index (κ3) is 5.49. The number of hydrogen-bond acceptors (Lipinski definition) is 5. The van der Waals surface area contributed by atoms with E-state index in [9.17, 15) is 28.8 Å². The Morgan fingerprint density at radius 1 is 1.26 bits per heavy atom. The lowest BCUT2D eigenvalue weighted by atomic mass is 10.1. The zero-order valence-corrected chi connectivity index (χ0v) is 14.9. The number of aliphatic hydroxyl groups excluding tert-OH is 1. The molecular formula is C16H12Cl2F2N2O5. The summed E-state index contributed by atoms with van der Waals surface area (Å²) in [5, 5.41) is 22.9. The largest absolute Gasteiger partial charge is 0.491 e. The monoisotopic (exact) mass is 420 g/mol. The maximum absolute atomic E-state index is 13.1.